The van der Waals surface area contributed by atoms with Crippen LogP contribution < -0.4 is 4.72 Å². The third-order valence-corrected chi connectivity index (χ3v) is 6.65. The Balaban J connectivity index is 1.76. The lowest BCUT2D eigenvalue weighted by molar-refractivity contribution is 0.288. The molecule has 2 aromatic rings. The van der Waals surface area contributed by atoms with E-state index in [1.165, 1.54) is 11.1 Å². The van der Waals surface area contributed by atoms with E-state index in [2.05, 4.69) is 36.5 Å². The zero-order valence-electron chi connectivity index (χ0n) is 16.5. The second kappa shape index (κ2) is 8.44. The van der Waals surface area contributed by atoms with Crippen LogP contribution in [0.5, 0.6) is 0 Å². The second-order valence-corrected chi connectivity index (χ2v) is 9.34. The predicted octanol–water partition coefficient (Wildman–Crippen LogP) is 4.42. The summed E-state index contributed by atoms with van der Waals surface area (Å²) in [6.07, 6.45) is 3.16. The topological polar surface area (TPSA) is 49.4 Å². The van der Waals surface area contributed by atoms with Crippen molar-refractivity contribution in [2.75, 3.05) is 24.4 Å². The molecule has 1 N–H and O–H groups in total. The predicted molar refractivity (Wildman–Crippen MR) is 112 cm³/mol. The molecule has 0 saturated heterocycles. The van der Waals surface area contributed by atoms with Crippen molar-refractivity contribution >= 4 is 15.7 Å². The van der Waals surface area contributed by atoms with Crippen molar-refractivity contribution in [2.45, 2.75) is 50.8 Å². The van der Waals surface area contributed by atoms with E-state index in [4.69, 9.17) is 0 Å². The van der Waals surface area contributed by atoms with Crippen LogP contribution in [-0.4, -0.2) is 33.0 Å². The molecule has 3 rings (SSSR count). The van der Waals surface area contributed by atoms with Gasteiger partial charge in [-0.2, -0.15) is 0 Å². The molecule has 0 atom stereocenters. The molecular formula is C22H30N2O2S. The maximum atomic E-state index is 12.7. The molecule has 2 aromatic carbocycles. The van der Waals surface area contributed by atoms with Crippen molar-refractivity contribution in [1.29, 1.82) is 0 Å². The van der Waals surface area contributed by atoms with Gasteiger partial charge < -0.3 is 4.90 Å². The van der Waals surface area contributed by atoms with E-state index in [-0.39, 0.29) is 0 Å². The summed E-state index contributed by atoms with van der Waals surface area (Å²) in [6.45, 7) is 9.64. The van der Waals surface area contributed by atoms with Crippen LogP contribution in [0.15, 0.2) is 47.4 Å². The molecule has 27 heavy (non-hydrogen) atoms. The van der Waals surface area contributed by atoms with Crippen molar-refractivity contribution in [3.8, 4) is 0 Å². The number of rotatable bonds is 6. The maximum Gasteiger partial charge on any atom is 0.261 e. The van der Waals surface area contributed by atoms with Gasteiger partial charge in [-0.1, -0.05) is 39.0 Å². The Morgan fingerprint density at radius 2 is 1.67 bits per heavy atom. The van der Waals surface area contributed by atoms with Gasteiger partial charge in [0.25, 0.3) is 10.0 Å². The summed E-state index contributed by atoms with van der Waals surface area (Å²) in [5, 5.41) is 0. The normalized spacial score (nSPS) is 15.4. The zero-order valence-corrected chi connectivity index (χ0v) is 17.3. The van der Waals surface area contributed by atoms with Gasteiger partial charge in [0.05, 0.1) is 4.90 Å². The van der Waals surface area contributed by atoms with E-state index in [9.17, 15) is 8.42 Å². The molecule has 0 fully saturated rings. The number of nitrogens with zero attached hydrogens (tertiary/aromatic N) is 1. The summed E-state index contributed by atoms with van der Waals surface area (Å²) in [6, 6.07) is 13.1. The molecule has 1 aliphatic heterocycles. The first-order chi connectivity index (χ1) is 12.9. The Kier molecular flexibility index (Phi) is 6.22. The minimum Gasteiger partial charge on any atom is -0.303 e. The fraction of sp³-hybridized carbons (Fsp3) is 0.455. The maximum absolute atomic E-state index is 12.7. The van der Waals surface area contributed by atoms with Crippen molar-refractivity contribution in [1.82, 2.24) is 4.90 Å². The minimum absolute atomic E-state index is 0.302. The lowest BCUT2D eigenvalue weighted by atomic mass is 10.0. The summed E-state index contributed by atoms with van der Waals surface area (Å²) < 4.78 is 28.2. The van der Waals surface area contributed by atoms with Gasteiger partial charge in [-0.15, -0.1) is 0 Å². The Bertz CT molecular complexity index is 874. The average Bonchev–Trinajstić information content (AvgIpc) is 2.84. The van der Waals surface area contributed by atoms with Crippen LogP contribution in [0, 0.1) is 0 Å². The van der Waals surface area contributed by atoms with Crippen LogP contribution in [0.25, 0.3) is 0 Å². The highest BCUT2D eigenvalue weighted by molar-refractivity contribution is 7.92. The van der Waals surface area contributed by atoms with Crippen LogP contribution in [0.2, 0.25) is 0 Å². The van der Waals surface area contributed by atoms with Crippen molar-refractivity contribution in [3.05, 3.63) is 59.2 Å². The highest BCUT2D eigenvalue weighted by Crippen LogP contribution is 2.24. The summed E-state index contributed by atoms with van der Waals surface area (Å²) in [5.41, 5.74) is 4.36. The molecule has 0 aromatic heterocycles. The van der Waals surface area contributed by atoms with Gasteiger partial charge >= 0.3 is 0 Å². The van der Waals surface area contributed by atoms with Crippen LogP contribution in [-0.2, 0) is 22.9 Å². The first kappa shape index (κ1) is 19.9. The zero-order chi connectivity index (χ0) is 19.4. The third kappa shape index (κ3) is 4.90. The summed E-state index contributed by atoms with van der Waals surface area (Å²) in [7, 11) is -3.57. The first-order valence-electron chi connectivity index (χ1n) is 9.86. The molecule has 0 saturated carbocycles. The van der Waals surface area contributed by atoms with Gasteiger partial charge in [-0.25, -0.2) is 8.42 Å². The number of hydrogen-bond donors (Lipinski definition) is 1. The van der Waals surface area contributed by atoms with Crippen molar-refractivity contribution in [3.63, 3.8) is 0 Å². The molecule has 4 nitrogen and oxygen atoms in total. The number of benzene rings is 2. The lowest BCUT2D eigenvalue weighted by Gasteiger charge is -2.18. The average molecular weight is 387 g/mol. The Morgan fingerprint density at radius 3 is 2.30 bits per heavy atom. The van der Waals surface area contributed by atoms with Crippen LogP contribution in [0.3, 0.4) is 0 Å². The van der Waals surface area contributed by atoms with Gasteiger partial charge in [0.1, 0.15) is 0 Å². The summed E-state index contributed by atoms with van der Waals surface area (Å²) in [5.74, 6) is 0.381. The van der Waals surface area contributed by atoms with Crippen LogP contribution in [0.4, 0.5) is 5.69 Å². The van der Waals surface area contributed by atoms with E-state index in [1.54, 1.807) is 12.1 Å². The first-order valence-corrected chi connectivity index (χ1v) is 11.3. The molecule has 0 spiro atoms. The van der Waals surface area contributed by atoms with Crippen LogP contribution >= 0.6 is 0 Å². The van der Waals surface area contributed by atoms with Gasteiger partial charge in [-0.05, 0) is 72.7 Å². The molecule has 0 radical (unpaired) electrons. The van der Waals surface area contributed by atoms with E-state index >= 15 is 0 Å². The largest absolute Gasteiger partial charge is 0.303 e. The molecule has 0 bridgehead atoms. The van der Waals surface area contributed by atoms with Crippen molar-refractivity contribution in [2.24, 2.45) is 0 Å². The molecule has 5 heteroatoms. The number of fused-ring (bicyclic) bond motifs is 1. The molecule has 0 unspecified atom stereocenters. The monoisotopic (exact) mass is 386 g/mol. The quantitative estimate of drug-likeness (QED) is 0.799. The summed E-state index contributed by atoms with van der Waals surface area (Å²) in [4.78, 5) is 2.79. The molecule has 0 aliphatic carbocycles. The van der Waals surface area contributed by atoms with Gasteiger partial charge in [0.2, 0.25) is 0 Å². The minimum atomic E-state index is -3.57. The van der Waals surface area contributed by atoms with E-state index in [0.29, 0.717) is 16.5 Å². The third-order valence-electron chi connectivity index (χ3n) is 5.25. The fourth-order valence-electron chi connectivity index (χ4n) is 3.62. The molecule has 146 valence electrons. The summed E-state index contributed by atoms with van der Waals surface area (Å²) >= 11 is 0. The van der Waals surface area contributed by atoms with Gasteiger partial charge in [0.15, 0.2) is 0 Å². The Labute approximate surface area is 163 Å². The van der Waals surface area contributed by atoms with Gasteiger partial charge in [0, 0.05) is 18.8 Å². The molecular weight excluding hydrogens is 356 g/mol. The smallest absolute Gasteiger partial charge is 0.261 e. The highest BCUT2D eigenvalue weighted by atomic mass is 32.2. The number of anilines is 1. The molecule has 1 aliphatic rings. The Morgan fingerprint density at radius 1 is 1.00 bits per heavy atom. The Hall–Kier alpha value is -1.85. The molecule has 0 amide bonds. The van der Waals surface area contributed by atoms with Crippen LogP contribution in [0.1, 0.15) is 49.8 Å². The number of sulfonamides is 1. The van der Waals surface area contributed by atoms with Gasteiger partial charge in [-0.3, -0.25) is 4.72 Å². The highest BCUT2D eigenvalue weighted by Gasteiger charge is 2.17. The second-order valence-electron chi connectivity index (χ2n) is 7.65. The standard InChI is InChI=1S/C22H30N2O2S/c1-4-13-24-14-11-19-5-8-21(16-20(19)12-15-24)23-27(25,26)22-9-6-18(7-10-22)17(2)3/h5-10,16-17,23H,4,11-15H2,1-3H3. The van der Waals surface area contributed by atoms with E-state index < -0.39 is 10.0 Å². The van der Waals surface area contributed by atoms with E-state index in [0.717, 1.165) is 44.5 Å². The number of hydrogen-bond acceptors (Lipinski definition) is 3. The van der Waals surface area contributed by atoms with E-state index in [1.807, 2.05) is 24.3 Å². The molecule has 1 heterocycles. The fourth-order valence-corrected chi connectivity index (χ4v) is 4.67. The van der Waals surface area contributed by atoms with Crippen molar-refractivity contribution < 1.29 is 8.42 Å². The number of nitrogens with one attached hydrogen (secondary N) is 1. The SMILES string of the molecule is CCCN1CCc2ccc(NS(=O)(=O)c3ccc(C(C)C)cc3)cc2CC1. The lowest BCUT2D eigenvalue weighted by Crippen LogP contribution is -2.27.